The van der Waals surface area contributed by atoms with Crippen molar-refractivity contribution in [1.29, 1.82) is 0 Å². The van der Waals surface area contributed by atoms with Crippen molar-refractivity contribution < 1.29 is 4.74 Å². The lowest BCUT2D eigenvalue weighted by Gasteiger charge is -2.36. The molecule has 1 aliphatic carbocycles. The third-order valence-corrected chi connectivity index (χ3v) is 3.42. The van der Waals surface area contributed by atoms with Crippen molar-refractivity contribution in [3.63, 3.8) is 0 Å². The number of nitrogens with one attached hydrogen (secondary N) is 1. The molecule has 0 aromatic heterocycles. The molecule has 0 unspecified atom stereocenters. The molecule has 1 rings (SSSR count). The molecule has 0 spiro atoms. The van der Waals surface area contributed by atoms with Gasteiger partial charge in [-0.2, -0.15) is 0 Å². The van der Waals surface area contributed by atoms with E-state index in [0.29, 0.717) is 5.54 Å². The van der Waals surface area contributed by atoms with Crippen molar-refractivity contribution in [3.8, 4) is 0 Å². The van der Waals surface area contributed by atoms with Crippen LogP contribution in [0.4, 0.5) is 0 Å². The average molecular weight is 200 g/mol. The fraction of sp³-hybridized carbons (Fsp3) is 1.00. The van der Waals surface area contributed by atoms with Crippen molar-refractivity contribution in [1.82, 2.24) is 10.2 Å². The van der Waals surface area contributed by atoms with Crippen molar-refractivity contribution in [2.45, 2.75) is 31.2 Å². The molecule has 1 aliphatic rings. The Hall–Kier alpha value is -0.120. The van der Waals surface area contributed by atoms with Gasteiger partial charge in [-0.15, -0.1) is 0 Å². The Labute approximate surface area is 87.8 Å². The first-order valence-corrected chi connectivity index (χ1v) is 5.58. The first-order valence-electron chi connectivity index (χ1n) is 5.58. The van der Waals surface area contributed by atoms with Gasteiger partial charge in [0.2, 0.25) is 0 Å². The molecule has 0 radical (unpaired) electrons. The van der Waals surface area contributed by atoms with Crippen LogP contribution in [-0.2, 0) is 4.74 Å². The van der Waals surface area contributed by atoms with Crippen molar-refractivity contribution in [2.24, 2.45) is 0 Å². The van der Waals surface area contributed by atoms with Crippen LogP contribution in [0.15, 0.2) is 0 Å². The zero-order valence-electron chi connectivity index (χ0n) is 9.81. The molecule has 3 heteroatoms. The molecule has 1 fully saturated rings. The molecule has 1 N–H and O–H groups in total. The number of ether oxygens (including phenoxy) is 1. The largest absolute Gasteiger partial charge is 0.383 e. The Bertz CT molecular complexity index is 153. The molecule has 0 aliphatic heterocycles. The van der Waals surface area contributed by atoms with Gasteiger partial charge in [0.1, 0.15) is 0 Å². The lowest BCUT2D eigenvalue weighted by atomic mass is 9.96. The molecular weight excluding hydrogens is 176 g/mol. The standard InChI is InChI=1S/C11H24N2O/c1-13(2)11(6-4-5-7-11)10-12-8-9-14-3/h12H,4-10H2,1-3H3. The zero-order chi connectivity index (χ0) is 10.4. The van der Waals surface area contributed by atoms with Gasteiger partial charge in [0.15, 0.2) is 0 Å². The number of likely N-dealkylation sites (N-methyl/N-ethyl adjacent to an activating group) is 1. The summed E-state index contributed by atoms with van der Waals surface area (Å²) in [5.74, 6) is 0. The summed E-state index contributed by atoms with van der Waals surface area (Å²) in [5, 5.41) is 3.48. The number of methoxy groups -OCH3 is 1. The summed E-state index contributed by atoms with van der Waals surface area (Å²) in [4.78, 5) is 2.39. The van der Waals surface area contributed by atoms with Gasteiger partial charge in [0.05, 0.1) is 6.61 Å². The predicted octanol–water partition coefficient (Wildman–Crippen LogP) is 1.10. The van der Waals surface area contributed by atoms with Crippen LogP contribution in [0.25, 0.3) is 0 Å². The van der Waals surface area contributed by atoms with Gasteiger partial charge >= 0.3 is 0 Å². The molecule has 1 saturated carbocycles. The quantitative estimate of drug-likeness (QED) is 0.650. The van der Waals surface area contributed by atoms with Crippen molar-refractivity contribution in [3.05, 3.63) is 0 Å². The van der Waals surface area contributed by atoms with Crippen molar-refractivity contribution >= 4 is 0 Å². The van der Waals surface area contributed by atoms with Gasteiger partial charge in [-0.05, 0) is 26.9 Å². The van der Waals surface area contributed by atoms with E-state index in [1.54, 1.807) is 7.11 Å². The zero-order valence-corrected chi connectivity index (χ0v) is 9.81. The summed E-state index contributed by atoms with van der Waals surface area (Å²) in [6.45, 7) is 2.87. The van der Waals surface area contributed by atoms with Gasteiger partial charge in [0.25, 0.3) is 0 Å². The van der Waals surface area contributed by atoms with Crippen LogP contribution in [0.2, 0.25) is 0 Å². The predicted molar refractivity (Wildman–Crippen MR) is 59.6 cm³/mol. The van der Waals surface area contributed by atoms with Crippen LogP contribution >= 0.6 is 0 Å². The second-order valence-electron chi connectivity index (χ2n) is 4.50. The van der Waals surface area contributed by atoms with Gasteiger partial charge in [-0.1, -0.05) is 12.8 Å². The Kier molecular flexibility index (Phi) is 4.85. The monoisotopic (exact) mass is 200 g/mol. The van der Waals surface area contributed by atoms with Gasteiger partial charge < -0.3 is 15.0 Å². The molecular formula is C11H24N2O. The first-order chi connectivity index (χ1) is 6.71. The third kappa shape index (κ3) is 2.94. The summed E-state index contributed by atoms with van der Waals surface area (Å²) in [5.41, 5.74) is 0.410. The van der Waals surface area contributed by atoms with Crippen LogP contribution in [-0.4, -0.2) is 51.3 Å². The minimum absolute atomic E-state index is 0.410. The smallest absolute Gasteiger partial charge is 0.0587 e. The van der Waals surface area contributed by atoms with Crippen LogP contribution < -0.4 is 5.32 Å². The van der Waals surface area contributed by atoms with E-state index >= 15 is 0 Å². The second-order valence-corrected chi connectivity index (χ2v) is 4.50. The van der Waals surface area contributed by atoms with Crippen molar-refractivity contribution in [2.75, 3.05) is 40.9 Å². The highest BCUT2D eigenvalue weighted by Gasteiger charge is 2.35. The second kappa shape index (κ2) is 5.69. The normalized spacial score (nSPS) is 20.6. The highest BCUT2D eigenvalue weighted by Crippen LogP contribution is 2.32. The Balaban J connectivity index is 2.29. The molecule has 0 bridgehead atoms. The number of nitrogens with zero attached hydrogens (tertiary/aromatic N) is 1. The SMILES string of the molecule is COCCNCC1(N(C)C)CCCC1. The van der Waals surface area contributed by atoms with E-state index in [2.05, 4.69) is 24.3 Å². The fourth-order valence-electron chi connectivity index (χ4n) is 2.31. The van der Waals surface area contributed by atoms with Crippen LogP contribution in [0.5, 0.6) is 0 Å². The summed E-state index contributed by atoms with van der Waals surface area (Å²) >= 11 is 0. The number of hydrogen-bond donors (Lipinski definition) is 1. The lowest BCUT2D eigenvalue weighted by Crippen LogP contribution is -2.50. The molecule has 0 saturated heterocycles. The maximum absolute atomic E-state index is 5.02. The molecule has 0 aromatic carbocycles. The van der Waals surface area contributed by atoms with Crippen LogP contribution in [0.3, 0.4) is 0 Å². The summed E-state index contributed by atoms with van der Waals surface area (Å²) in [6, 6.07) is 0. The van der Waals surface area contributed by atoms with E-state index in [-0.39, 0.29) is 0 Å². The van der Waals surface area contributed by atoms with Gasteiger partial charge in [0, 0.05) is 25.7 Å². The van der Waals surface area contributed by atoms with Gasteiger partial charge in [-0.3, -0.25) is 0 Å². The maximum atomic E-state index is 5.02. The van der Waals surface area contributed by atoms with E-state index < -0.39 is 0 Å². The molecule has 0 aromatic rings. The van der Waals surface area contributed by atoms with E-state index in [4.69, 9.17) is 4.74 Å². The van der Waals surface area contributed by atoms with Crippen LogP contribution in [0.1, 0.15) is 25.7 Å². The Morgan fingerprint density at radius 2 is 1.93 bits per heavy atom. The third-order valence-electron chi connectivity index (χ3n) is 3.42. The molecule has 0 amide bonds. The Morgan fingerprint density at radius 1 is 1.29 bits per heavy atom. The molecule has 0 atom stereocenters. The minimum atomic E-state index is 0.410. The Morgan fingerprint density at radius 3 is 2.43 bits per heavy atom. The van der Waals surface area contributed by atoms with E-state index in [1.807, 2.05) is 0 Å². The lowest BCUT2D eigenvalue weighted by molar-refractivity contribution is 0.144. The average Bonchev–Trinajstić information content (AvgIpc) is 2.62. The summed E-state index contributed by atoms with van der Waals surface area (Å²) in [7, 11) is 6.14. The van der Waals surface area contributed by atoms with Gasteiger partial charge in [-0.25, -0.2) is 0 Å². The van der Waals surface area contributed by atoms with Crippen LogP contribution in [0, 0.1) is 0 Å². The topological polar surface area (TPSA) is 24.5 Å². The first kappa shape index (κ1) is 12.0. The fourth-order valence-corrected chi connectivity index (χ4v) is 2.31. The number of rotatable bonds is 6. The molecule has 0 heterocycles. The summed E-state index contributed by atoms with van der Waals surface area (Å²) < 4.78 is 5.02. The minimum Gasteiger partial charge on any atom is -0.383 e. The van der Waals surface area contributed by atoms with E-state index in [0.717, 1.165) is 19.7 Å². The highest BCUT2D eigenvalue weighted by atomic mass is 16.5. The molecule has 84 valence electrons. The van der Waals surface area contributed by atoms with E-state index in [9.17, 15) is 0 Å². The maximum Gasteiger partial charge on any atom is 0.0587 e. The number of hydrogen-bond acceptors (Lipinski definition) is 3. The summed E-state index contributed by atoms with van der Waals surface area (Å²) in [6.07, 6.45) is 5.42. The molecule has 3 nitrogen and oxygen atoms in total. The molecule has 14 heavy (non-hydrogen) atoms. The van der Waals surface area contributed by atoms with E-state index in [1.165, 1.54) is 25.7 Å². The highest BCUT2D eigenvalue weighted by molar-refractivity contribution is 4.94.